The normalized spacial score (nSPS) is 36.5. The highest BCUT2D eigenvalue weighted by Gasteiger charge is 2.41. The van der Waals surface area contributed by atoms with E-state index in [4.69, 9.17) is 5.11 Å². The summed E-state index contributed by atoms with van der Waals surface area (Å²) in [5.41, 5.74) is 0. The number of carboxylic acid groups (broad SMARTS) is 1. The lowest BCUT2D eigenvalue weighted by Gasteiger charge is -2.33. The van der Waals surface area contributed by atoms with Crippen molar-refractivity contribution in [2.75, 3.05) is 19.6 Å². The molecule has 3 fully saturated rings. The van der Waals surface area contributed by atoms with Crippen molar-refractivity contribution in [2.24, 2.45) is 5.92 Å². The van der Waals surface area contributed by atoms with Gasteiger partial charge >= 0.3 is 12.0 Å². The number of rotatable bonds is 2. The van der Waals surface area contributed by atoms with E-state index in [0.717, 1.165) is 25.9 Å². The zero-order valence-corrected chi connectivity index (χ0v) is 12.6. The van der Waals surface area contributed by atoms with Crippen molar-refractivity contribution < 1.29 is 14.7 Å². The van der Waals surface area contributed by atoms with Gasteiger partial charge in [-0.05, 0) is 39.2 Å². The Morgan fingerprint density at radius 1 is 1.10 bits per heavy atom. The molecule has 2 amide bonds. The molecule has 3 aliphatic heterocycles. The van der Waals surface area contributed by atoms with Crippen LogP contribution in [0.3, 0.4) is 0 Å². The molecule has 0 aromatic rings. The molecule has 4 atom stereocenters. The van der Waals surface area contributed by atoms with Crippen LogP contribution in [0, 0.1) is 5.92 Å². The predicted molar refractivity (Wildman–Crippen MR) is 78.1 cm³/mol. The van der Waals surface area contributed by atoms with E-state index in [1.165, 1.54) is 12.8 Å². The molecule has 0 radical (unpaired) electrons. The topological polar surface area (TPSA) is 72.9 Å². The third-order valence-corrected chi connectivity index (χ3v) is 5.50. The van der Waals surface area contributed by atoms with Crippen LogP contribution in [0.2, 0.25) is 0 Å². The summed E-state index contributed by atoms with van der Waals surface area (Å²) in [6.45, 7) is 4.61. The Hall–Kier alpha value is -1.30. The number of urea groups is 1. The highest BCUT2D eigenvalue weighted by atomic mass is 16.4. The number of carbonyl (C=O) groups excluding carboxylic acids is 1. The largest absolute Gasteiger partial charge is 0.481 e. The number of aliphatic carboxylic acids is 1. The first kappa shape index (κ1) is 14.6. The average molecular weight is 295 g/mol. The number of amides is 2. The summed E-state index contributed by atoms with van der Waals surface area (Å²) in [5, 5.41) is 12.3. The smallest absolute Gasteiger partial charge is 0.317 e. The van der Waals surface area contributed by atoms with Crippen LogP contribution < -0.4 is 5.32 Å². The number of fused-ring (bicyclic) bond motifs is 1. The predicted octanol–water partition coefficient (Wildman–Crippen LogP) is 1.12. The highest BCUT2D eigenvalue weighted by molar-refractivity contribution is 5.78. The molecule has 0 aliphatic carbocycles. The second kappa shape index (κ2) is 5.83. The molecule has 0 saturated carbocycles. The fraction of sp³-hybridized carbons (Fsp3) is 0.867. The van der Waals surface area contributed by atoms with E-state index >= 15 is 0 Å². The second-order valence-corrected chi connectivity index (χ2v) is 6.61. The van der Waals surface area contributed by atoms with E-state index in [9.17, 15) is 9.59 Å². The van der Waals surface area contributed by atoms with Crippen LogP contribution in [0.5, 0.6) is 0 Å². The van der Waals surface area contributed by atoms with Gasteiger partial charge in [-0.25, -0.2) is 4.79 Å². The van der Waals surface area contributed by atoms with Crippen molar-refractivity contribution in [2.45, 2.75) is 57.2 Å². The average Bonchev–Trinajstić information content (AvgIpc) is 3.03. The van der Waals surface area contributed by atoms with Crippen LogP contribution in [-0.4, -0.2) is 64.7 Å². The number of carboxylic acids is 1. The lowest BCUT2D eigenvalue weighted by molar-refractivity contribution is -0.142. The molecule has 0 aromatic heterocycles. The molecule has 118 valence electrons. The van der Waals surface area contributed by atoms with Crippen LogP contribution in [0.4, 0.5) is 4.79 Å². The number of piperidine rings is 1. The summed E-state index contributed by atoms with van der Waals surface area (Å²) in [4.78, 5) is 27.8. The van der Waals surface area contributed by atoms with Crippen molar-refractivity contribution in [1.29, 1.82) is 0 Å². The first-order valence-electron chi connectivity index (χ1n) is 8.12. The molecule has 21 heavy (non-hydrogen) atoms. The van der Waals surface area contributed by atoms with Crippen LogP contribution >= 0.6 is 0 Å². The molecular formula is C15H25N3O3. The summed E-state index contributed by atoms with van der Waals surface area (Å²) in [7, 11) is 0. The lowest BCUT2D eigenvalue weighted by Crippen LogP contribution is -2.52. The van der Waals surface area contributed by atoms with Crippen molar-refractivity contribution in [3.05, 3.63) is 0 Å². The summed E-state index contributed by atoms with van der Waals surface area (Å²) < 4.78 is 0. The highest BCUT2D eigenvalue weighted by Crippen LogP contribution is 2.28. The molecule has 6 nitrogen and oxygen atoms in total. The SMILES string of the molecule is CC1C(C(=O)O)CCN1C(=O)NC1CCN2CCCCC12. The molecule has 0 bridgehead atoms. The Bertz CT molecular complexity index is 428. The van der Waals surface area contributed by atoms with Crippen molar-refractivity contribution in [1.82, 2.24) is 15.1 Å². The summed E-state index contributed by atoms with van der Waals surface area (Å²) >= 11 is 0. The third kappa shape index (κ3) is 2.73. The van der Waals surface area contributed by atoms with Crippen molar-refractivity contribution in [3.8, 4) is 0 Å². The number of likely N-dealkylation sites (tertiary alicyclic amines) is 1. The Morgan fingerprint density at radius 2 is 1.90 bits per heavy atom. The maximum atomic E-state index is 12.5. The Kier molecular flexibility index (Phi) is 4.06. The van der Waals surface area contributed by atoms with Gasteiger partial charge in [0.15, 0.2) is 0 Å². The van der Waals surface area contributed by atoms with Crippen molar-refractivity contribution in [3.63, 3.8) is 0 Å². The zero-order valence-electron chi connectivity index (χ0n) is 12.6. The van der Waals surface area contributed by atoms with E-state index in [0.29, 0.717) is 19.0 Å². The monoisotopic (exact) mass is 295 g/mol. The van der Waals surface area contributed by atoms with Gasteiger partial charge in [-0.1, -0.05) is 6.42 Å². The van der Waals surface area contributed by atoms with E-state index in [2.05, 4.69) is 10.2 Å². The third-order valence-electron chi connectivity index (χ3n) is 5.50. The van der Waals surface area contributed by atoms with E-state index < -0.39 is 11.9 Å². The van der Waals surface area contributed by atoms with E-state index in [-0.39, 0.29) is 18.1 Å². The van der Waals surface area contributed by atoms with Gasteiger partial charge in [0.2, 0.25) is 0 Å². The molecule has 3 rings (SSSR count). The zero-order chi connectivity index (χ0) is 15.0. The van der Waals surface area contributed by atoms with Crippen molar-refractivity contribution >= 4 is 12.0 Å². The quantitative estimate of drug-likeness (QED) is 0.800. The minimum absolute atomic E-state index is 0.0799. The molecule has 4 unspecified atom stereocenters. The first-order chi connectivity index (χ1) is 10.1. The van der Waals surface area contributed by atoms with Gasteiger partial charge in [-0.2, -0.15) is 0 Å². The van der Waals surface area contributed by atoms with Gasteiger partial charge in [0.1, 0.15) is 0 Å². The molecule has 2 N–H and O–H groups in total. The maximum absolute atomic E-state index is 12.5. The lowest BCUT2D eigenvalue weighted by atomic mass is 9.99. The molecule has 3 heterocycles. The fourth-order valence-corrected chi connectivity index (χ4v) is 4.21. The summed E-state index contributed by atoms with van der Waals surface area (Å²) in [5.74, 6) is -1.22. The van der Waals surface area contributed by atoms with E-state index in [1.807, 2.05) is 6.92 Å². The second-order valence-electron chi connectivity index (χ2n) is 6.61. The van der Waals surface area contributed by atoms with Gasteiger partial charge < -0.3 is 15.3 Å². The molecule has 6 heteroatoms. The minimum Gasteiger partial charge on any atom is -0.481 e. The van der Waals surface area contributed by atoms with Crippen LogP contribution in [0.15, 0.2) is 0 Å². The minimum atomic E-state index is -0.794. The number of hydrogen-bond donors (Lipinski definition) is 2. The van der Waals surface area contributed by atoms with Gasteiger partial charge in [-0.15, -0.1) is 0 Å². The molecule has 3 saturated heterocycles. The number of hydrogen-bond acceptors (Lipinski definition) is 3. The van der Waals surface area contributed by atoms with Gasteiger partial charge in [0.25, 0.3) is 0 Å². The molecule has 3 aliphatic rings. The Balaban J connectivity index is 1.58. The van der Waals surface area contributed by atoms with Gasteiger partial charge in [0.05, 0.1) is 5.92 Å². The standard InChI is InChI=1S/C15H25N3O3/c1-10-11(14(19)20)5-9-18(10)15(21)16-12-6-8-17-7-3-2-4-13(12)17/h10-13H,2-9H2,1H3,(H,16,21)(H,19,20). The Morgan fingerprint density at radius 3 is 2.62 bits per heavy atom. The van der Waals surface area contributed by atoms with Gasteiger partial charge in [-0.3, -0.25) is 9.69 Å². The molecular weight excluding hydrogens is 270 g/mol. The maximum Gasteiger partial charge on any atom is 0.317 e. The number of carbonyl (C=O) groups is 2. The van der Waals surface area contributed by atoms with Crippen LogP contribution in [0.25, 0.3) is 0 Å². The Labute approximate surface area is 125 Å². The number of nitrogens with zero attached hydrogens (tertiary/aromatic N) is 2. The number of nitrogens with one attached hydrogen (secondary N) is 1. The molecule has 0 aromatic carbocycles. The van der Waals surface area contributed by atoms with Crippen LogP contribution in [0.1, 0.15) is 39.0 Å². The summed E-state index contributed by atoms with van der Waals surface area (Å²) in [6.07, 6.45) is 5.25. The summed E-state index contributed by atoms with van der Waals surface area (Å²) in [6, 6.07) is 0.416. The van der Waals surface area contributed by atoms with Crippen LogP contribution in [-0.2, 0) is 4.79 Å². The first-order valence-corrected chi connectivity index (χ1v) is 8.12. The molecule has 0 spiro atoms. The fourth-order valence-electron chi connectivity index (χ4n) is 4.21. The van der Waals surface area contributed by atoms with Gasteiger partial charge in [0, 0.05) is 31.2 Å². The van der Waals surface area contributed by atoms with E-state index in [1.54, 1.807) is 4.90 Å².